The zero-order chi connectivity index (χ0) is 17.4. The van der Waals surface area contributed by atoms with E-state index < -0.39 is 0 Å². The number of carbonyl (C=O) groups is 1. The van der Waals surface area contributed by atoms with Gasteiger partial charge in [-0.3, -0.25) is 14.6 Å². The average Bonchev–Trinajstić information content (AvgIpc) is 2.61. The van der Waals surface area contributed by atoms with Gasteiger partial charge in [-0.1, -0.05) is 19.3 Å². The highest BCUT2D eigenvalue weighted by Gasteiger charge is 2.29. The van der Waals surface area contributed by atoms with Crippen LogP contribution in [0.5, 0.6) is 0 Å². The first-order valence-corrected chi connectivity index (χ1v) is 9.95. The molecule has 2 aliphatic rings. The first-order chi connectivity index (χ1) is 11.6. The van der Waals surface area contributed by atoms with E-state index in [-0.39, 0.29) is 11.9 Å². The Morgan fingerprint density at radius 1 is 1.25 bits per heavy atom. The molecule has 0 aromatic carbocycles. The summed E-state index contributed by atoms with van der Waals surface area (Å²) < 4.78 is 5.47. The number of hydrogen-bond donors (Lipinski definition) is 1. The molecule has 1 aliphatic heterocycles. The first kappa shape index (κ1) is 19.7. The van der Waals surface area contributed by atoms with Crippen LogP contribution in [0.25, 0.3) is 0 Å². The Labute approximate surface area is 148 Å². The summed E-state index contributed by atoms with van der Waals surface area (Å²) in [5.74, 6) is 0.903. The third-order valence-corrected chi connectivity index (χ3v) is 5.74. The van der Waals surface area contributed by atoms with Gasteiger partial charge < -0.3 is 10.1 Å². The second-order valence-corrected chi connectivity index (χ2v) is 7.50. The predicted molar refractivity (Wildman–Crippen MR) is 98.1 cm³/mol. The standard InChI is InChI=1S/C19H37N3O2/c1-4-24-13-12-21-10-11-22(15-16(21)2)17(3)19(23)20-14-18-8-6-5-7-9-18/h16-18H,4-15H2,1-3H3,(H,20,23)/t16-,17+/m0/s1. The summed E-state index contributed by atoms with van der Waals surface area (Å²) in [6, 6.07) is 0.456. The molecule has 0 spiro atoms. The van der Waals surface area contributed by atoms with Crippen LogP contribution in [0.4, 0.5) is 0 Å². The van der Waals surface area contributed by atoms with Gasteiger partial charge in [-0.05, 0) is 39.5 Å². The quantitative estimate of drug-likeness (QED) is 0.688. The molecule has 1 N–H and O–H groups in total. The smallest absolute Gasteiger partial charge is 0.237 e. The van der Waals surface area contributed by atoms with E-state index in [0.717, 1.165) is 45.9 Å². The Morgan fingerprint density at radius 3 is 2.67 bits per heavy atom. The highest BCUT2D eigenvalue weighted by molar-refractivity contribution is 5.81. The SMILES string of the molecule is CCOCCN1CCN([C@H](C)C(=O)NCC2CCCCC2)C[C@@H]1C. The molecule has 5 nitrogen and oxygen atoms in total. The highest BCUT2D eigenvalue weighted by Crippen LogP contribution is 2.22. The van der Waals surface area contributed by atoms with Gasteiger partial charge >= 0.3 is 0 Å². The van der Waals surface area contributed by atoms with Crippen molar-refractivity contribution < 1.29 is 9.53 Å². The summed E-state index contributed by atoms with van der Waals surface area (Å²) in [4.78, 5) is 17.3. The van der Waals surface area contributed by atoms with Gasteiger partial charge in [0.15, 0.2) is 0 Å². The second kappa shape index (κ2) is 10.4. The normalized spacial score (nSPS) is 25.5. The van der Waals surface area contributed by atoms with Crippen molar-refractivity contribution in [3.8, 4) is 0 Å². The Balaban J connectivity index is 1.70. The van der Waals surface area contributed by atoms with Crippen LogP contribution in [0.1, 0.15) is 52.9 Å². The van der Waals surface area contributed by atoms with Gasteiger partial charge in [0.05, 0.1) is 12.6 Å². The Morgan fingerprint density at radius 2 is 2.00 bits per heavy atom. The van der Waals surface area contributed by atoms with Crippen LogP contribution in [0, 0.1) is 5.92 Å². The molecule has 0 unspecified atom stereocenters. The van der Waals surface area contributed by atoms with Gasteiger partial charge in [-0.2, -0.15) is 0 Å². The molecule has 1 amide bonds. The van der Waals surface area contributed by atoms with Crippen LogP contribution in [0.3, 0.4) is 0 Å². The van der Waals surface area contributed by atoms with Gasteiger partial charge in [0.2, 0.25) is 5.91 Å². The van der Waals surface area contributed by atoms with Crippen molar-refractivity contribution in [2.75, 3.05) is 45.9 Å². The average molecular weight is 340 g/mol. The molecule has 0 aromatic heterocycles. The molecule has 1 heterocycles. The number of ether oxygens (including phenoxy) is 1. The van der Waals surface area contributed by atoms with Crippen molar-refractivity contribution in [1.29, 1.82) is 0 Å². The van der Waals surface area contributed by atoms with Crippen molar-refractivity contribution >= 4 is 5.91 Å². The molecule has 2 fully saturated rings. The van der Waals surface area contributed by atoms with Crippen LogP contribution in [-0.4, -0.2) is 73.7 Å². The van der Waals surface area contributed by atoms with Crippen LogP contribution in [0.15, 0.2) is 0 Å². The topological polar surface area (TPSA) is 44.8 Å². The maximum absolute atomic E-state index is 12.5. The summed E-state index contributed by atoms with van der Waals surface area (Å²) in [5.41, 5.74) is 0. The molecule has 0 bridgehead atoms. The summed E-state index contributed by atoms with van der Waals surface area (Å²) >= 11 is 0. The van der Waals surface area contributed by atoms with Crippen molar-refractivity contribution in [3.63, 3.8) is 0 Å². The van der Waals surface area contributed by atoms with Crippen LogP contribution in [-0.2, 0) is 9.53 Å². The number of rotatable bonds is 8. The Kier molecular flexibility index (Phi) is 8.50. The first-order valence-electron chi connectivity index (χ1n) is 9.95. The van der Waals surface area contributed by atoms with E-state index >= 15 is 0 Å². The van der Waals surface area contributed by atoms with Gasteiger partial charge in [-0.15, -0.1) is 0 Å². The van der Waals surface area contributed by atoms with E-state index in [1.807, 2.05) is 6.92 Å². The van der Waals surface area contributed by atoms with Crippen molar-refractivity contribution in [2.45, 2.75) is 65.0 Å². The van der Waals surface area contributed by atoms with E-state index in [9.17, 15) is 4.79 Å². The fourth-order valence-corrected chi connectivity index (χ4v) is 3.98. The highest BCUT2D eigenvalue weighted by atomic mass is 16.5. The third kappa shape index (κ3) is 6.01. The molecule has 140 valence electrons. The number of hydrogen-bond acceptors (Lipinski definition) is 4. The fourth-order valence-electron chi connectivity index (χ4n) is 3.98. The minimum atomic E-state index is -0.0231. The summed E-state index contributed by atoms with van der Waals surface area (Å²) in [6.07, 6.45) is 6.59. The van der Waals surface area contributed by atoms with Crippen LogP contribution < -0.4 is 5.32 Å². The maximum Gasteiger partial charge on any atom is 0.237 e. The molecule has 2 rings (SSSR count). The fraction of sp³-hybridized carbons (Fsp3) is 0.947. The van der Waals surface area contributed by atoms with Crippen LogP contribution in [0.2, 0.25) is 0 Å². The predicted octanol–water partition coefficient (Wildman–Crippen LogP) is 2.11. The molecular weight excluding hydrogens is 302 g/mol. The largest absolute Gasteiger partial charge is 0.380 e. The third-order valence-electron chi connectivity index (χ3n) is 5.74. The maximum atomic E-state index is 12.5. The summed E-state index contributed by atoms with van der Waals surface area (Å²) in [7, 11) is 0. The lowest BCUT2D eigenvalue weighted by Gasteiger charge is -2.42. The van der Waals surface area contributed by atoms with Crippen LogP contribution >= 0.6 is 0 Å². The van der Waals surface area contributed by atoms with Gasteiger partial charge in [0.1, 0.15) is 0 Å². The molecule has 1 saturated heterocycles. The number of nitrogens with one attached hydrogen (secondary N) is 1. The molecule has 0 aromatic rings. The molecule has 0 radical (unpaired) electrons. The zero-order valence-corrected chi connectivity index (χ0v) is 15.9. The molecule has 1 saturated carbocycles. The number of carbonyl (C=O) groups excluding carboxylic acids is 1. The van der Waals surface area contributed by atoms with E-state index in [0.29, 0.717) is 12.0 Å². The lowest BCUT2D eigenvalue weighted by molar-refractivity contribution is -0.127. The van der Waals surface area contributed by atoms with Crippen molar-refractivity contribution in [3.05, 3.63) is 0 Å². The molecule has 24 heavy (non-hydrogen) atoms. The summed E-state index contributed by atoms with van der Waals surface area (Å²) in [6.45, 7) is 12.7. The second-order valence-electron chi connectivity index (χ2n) is 7.50. The Bertz CT molecular complexity index is 372. The monoisotopic (exact) mass is 339 g/mol. The molecule has 5 heteroatoms. The van der Waals surface area contributed by atoms with Gasteiger partial charge in [0.25, 0.3) is 0 Å². The summed E-state index contributed by atoms with van der Waals surface area (Å²) in [5, 5.41) is 3.20. The van der Waals surface area contributed by atoms with E-state index in [4.69, 9.17) is 4.74 Å². The minimum Gasteiger partial charge on any atom is -0.380 e. The minimum absolute atomic E-state index is 0.0231. The van der Waals surface area contributed by atoms with Gasteiger partial charge in [-0.25, -0.2) is 0 Å². The zero-order valence-electron chi connectivity index (χ0n) is 15.9. The number of piperazine rings is 1. The lowest BCUT2D eigenvalue weighted by Crippen LogP contribution is -2.57. The van der Waals surface area contributed by atoms with Crippen molar-refractivity contribution in [2.24, 2.45) is 5.92 Å². The van der Waals surface area contributed by atoms with Crippen molar-refractivity contribution in [1.82, 2.24) is 15.1 Å². The van der Waals surface area contributed by atoms with E-state index in [1.165, 1.54) is 32.1 Å². The lowest BCUT2D eigenvalue weighted by atomic mass is 9.89. The molecule has 1 aliphatic carbocycles. The molecule has 2 atom stereocenters. The molecular formula is C19H37N3O2. The number of nitrogens with zero attached hydrogens (tertiary/aromatic N) is 2. The van der Waals surface area contributed by atoms with E-state index in [2.05, 4.69) is 29.0 Å². The Hall–Kier alpha value is -0.650. The van der Waals surface area contributed by atoms with Gasteiger partial charge in [0, 0.05) is 45.4 Å². The van der Waals surface area contributed by atoms with E-state index in [1.54, 1.807) is 0 Å². The number of amides is 1.